The van der Waals surface area contributed by atoms with Gasteiger partial charge in [0.2, 0.25) is 0 Å². The number of carbonyl (C=O) groups excluding carboxylic acids is 1. The lowest BCUT2D eigenvalue weighted by molar-refractivity contribution is 0.0945. The summed E-state index contributed by atoms with van der Waals surface area (Å²) in [5.74, 6) is 0.795. The SMILES string of the molecule is O=C(NCc1cnc2cnccn12)c1cn2c(n1)CCNCC2. The fraction of sp³-hybridized carbons (Fsp3) is 0.333. The van der Waals surface area contributed by atoms with Crippen LogP contribution in [-0.2, 0) is 19.5 Å². The number of nitrogens with one attached hydrogen (secondary N) is 2. The van der Waals surface area contributed by atoms with E-state index in [0.29, 0.717) is 12.2 Å². The van der Waals surface area contributed by atoms with Gasteiger partial charge in [0.25, 0.3) is 5.91 Å². The Balaban J connectivity index is 1.48. The van der Waals surface area contributed by atoms with Gasteiger partial charge in [-0.3, -0.25) is 14.2 Å². The van der Waals surface area contributed by atoms with Crippen molar-refractivity contribution in [3.8, 4) is 0 Å². The van der Waals surface area contributed by atoms with Crippen molar-refractivity contribution in [1.29, 1.82) is 0 Å². The number of nitrogens with zero attached hydrogens (tertiary/aromatic N) is 5. The Kier molecular flexibility index (Phi) is 3.51. The minimum Gasteiger partial charge on any atom is -0.345 e. The maximum atomic E-state index is 12.3. The lowest BCUT2D eigenvalue weighted by atomic mass is 10.4. The molecule has 0 fully saturated rings. The molecule has 0 aliphatic carbocycles. The molecule has 3 aromatic heterocycles. The van der Waals surface area contributed by atoms with Crippen molar-refractivity contribution in [3.63, 3.8) is 0 Å². The van der Waals surface area contributed by atoms with Gasteiger partial charge in [-0.05, 0) is 0 Å². The molecule has 0 unspecified atom stereocenters. The van der Waals surface area contributed by atoms with Gasteiger partial charge in [-0.15, -0.1) is 0 Å². The van der Waals surface area contributed by atoms with Crippen LogP contribution in [0.2, 0.25) is 0 Å². The summed E-state index contributed by atoms with van der Waals surface area (Å²) in [6, 6.07) is 0. The zero-order valence-corrected chi connectivity index (χ0v) is 12.6. The number of carbonyl (C=O) groups is 1. The largest absolute Gasteiger partial charge is 0.345 e. The highest BCUT2D eigenvalue weighted by atomic mass is 16.1. The van der Waals surface area contributed by atoms with Gasteiger partial charge in [0, 0.05) is 44.6 Å². The van der Waals surface area contributed by atoms with Crippen molar-refractivity contribution in [1.82, 2.24) is 34.6 Å². The van der Waals surface area contributed by atoms with Crippen molar-refractivity contribution in [2.75, 3.05) is 13.1 Å². The van der Waals surface area contributed by atoms with Crippen molar-refractivity contribution in [2.24, 2.45) is 0 Å². The van der Waals surface area contributed by atoms with Crippen LogP contribution in [-0.4, -0.2) is 42.9 Å². The molecule has 1 amide bonds. The van der Waals surface area contributed by atoms with E-state index in [2.05, 4.69) is 30.2 Å². The first-order valence-electron chi connectivity index (χ1n) is 7.62. The third-order valence-corrected chi connectivity index (χ3v) is 3.97. The Bertz CT molecular complexity index is 827. The number of aromatic nitrogens is 5. The summed E-state index contributed by atoms with van der Waals surface area (Å²) in [6.07, 6.45) is 9.62. The topological polar surface area (TPSA) is 89.1 Å². The van der Waals surface area contributed by atoms with Gasteiger partial charge >= 0.3 is 0 Å². The van der Waals surface area contributed by atoms with Crippen LogP contribution >= 0.6 is 0 Å². The average Bonchev–Trinajstić information content (AvgIpc) is 3.11. The van der Waals surface area contributed by atoms with Crippen LogP contribution in [0.15, 0.2) is 31.0 Å². The molecule has 4 rings (SSSR count). The molecule has 0 radical (unpaired) electrons. The van der Waals surface area contributed by atoms with Crippen LogP contribution in [0.3, 0.4) is 0 Å². The predicted molar refractivity (Wildman–Crippen MR) is 83.0 cm³/mol. The number of hydrogen-bond donors (Lipinski definition) is 2. The number of rotatable bonds is 3. The van der Waals surface area contributed by atoms with Crippen LogP contribution < -0.4 is 10.6 Å². The van der Waals surface area contributed by atoms with Gasteiger partial charge in [-0.1, -0.05) is 0 Å². The van der Waals surface area contributed by atoms with E-state index in [9.17, 15) is 4.79 Å². The summed E-state index contributed by atoms with van der Waals surface area (Å²) < 4.78 is 3.95. The lowest BCUT2D eigenvalue weighted by Crippen LogP contribution is -2.24. The molecular weight excluding hydrogens is 294 g/mol. The van der Waals surface area contributed by atoms with Gasteiger partial charge in [0.15, 0.2) is 5.65 Å². The first kappa shape index (κ1) is 13.9. The molecule has 118 valence electrons. The van der Waals surface area contributed by atoms with E-state index in [1.165, 1.54) is 0 Å². The summed E-state index contributed by atoms with van der Waals surface area (Å²) in [5.41, 5.74) is 2.14. The summed E-state index contributed by atoms with van der Waals surface area (Å²) in [7, 11) is 0. The normalized spacial score (nSPS) is 14.4. The minimum atomic E-state index is -0.164. The fourth-order valence-corrected chi connectivity index (χ4v) is 2.77. The maximum absolute atomic E-state index is 12.3. The molecule has 0 spiro atoms. The molecule has 8 heteroatoms. The second kappa shape index (κ2) is 5.81. The highest BCUT2D eigenvalue weighted by Gasteiger charge is 2.16. The van der Waals surface area contributed by atoms with Gasteiger partial charge in [0.1, 0.15) is 11.5 Å². The third-order valence-electron chi connectivity index (χ3n) is 3.97. The Morgan fingerprint density at radius 1 is 1.35 bits per heavy atom. The van der Waals surface area contributed by atoms with Crippen LogP contribution in [0.25, 0.3) is 5.65 Å². The second-order valence-corrected chi connectivity index (χ2v) is 5.47. The number of imidazole rings is 2. The number of fused-ring (bicyclic) bond motifs is 2. The molecule has 1 aliphatic rings. The van der Waals surface area contributed by atoms with E-state index < -0.39 is 0 Å². The first-order valence-corrected chi connectivity index (χ1v) is 7.62. The summed E-state index contributed by atoms with van der Waals surface area (Å²) in [4.78, 5) is 25.1. The molecule has 0 saturated carbocycles. The van der Waals surface area contributed by atoms with E-state index in [0.717, 1.165) is 43.2 Å². The van der Waals surface area contributed by atoms with Crippen LogP contribution in [0.4, 0.5) is 0 Å². The van der Waals surface area contributed by atoms with E-state index in [1.54, 1.807) is 18.6 Å². The predicted octanol–water partition coefficient (Wildman–Crippen LogP) is 0.00150. The second-order valence-electron chi connectivity index (χ2n) is 5.47. The zero-order valence-electron chi connectivity index (χ0n) is 12.6. The van der Waals surface area contributed by atoms with Gasteiger partial charge < -0.3 is 15.2 Å². The lowest BCUT2D eigenvalue weighted by Gasteiger charge is -2.03. The van der Waals surface area contributed by atoms with Gasteiger partial charge in [0.05, 0.1) is 24.6 Å². The summed E-state index contributed by atoms with van der Waals surface area (Å²) >= 11 is 0. The number of hydrogen-bond acceptors (Lipinski definition) is 5. The average molecular weight is 311 g/mol. The maximum Gasteiger partial charge on any atom is 0.271 e. The molecular formula is C15H17N7O. The number of amides is 1. The Morgan fingerprint density at radius 2 is 2.30 bits per heavy atom. The first-order chi connectivity index (χ1) is 11.3. The fourth-order valence-electron chi connectivity index (χ4n) is 2.77. The highest BCUT2D eigenvalue weighted by molar-refractivity contribution is 5.92. The molecule has 0 atom stereocenters. The molecule has 0 saturated heterocycles. The van der Waals surface area contributed by atoms with E-state index in [4.69, 9.17) is 0 Å². The standard InChI is InChI=1S/C15H17N7O/c23-15(12-10-21-5-3-16-2-1-13(21)20-12)19-8-11-7-18-14-9-17-4-6-22(11)14/h4,6-7,9-10,16H,1-3,5,8H2,(H,19,23). The monoisotopic (exact) mass is 311 g/mol. The molecule has 3 aromatic rings. The minimum absolute atomic E-state index is 0.164. The van der Waals surface area contributed by atoms with Crippen molar-refractivity contribution < 1.29 is 4.79 Å². The Hall–Kier alpha value is -2.74. The zero-order chi connectivity index (χ0) is 15.6. The van der Waals surface area contributed by atoms with E-state index in [-0.39, 0.29) is 5.91 Å². The molecule has 23 heavy (non-hydrogen) atoms. The smallest absolute Gasteiger partial charge is 0.271 e. The quantitative estimate of drug-likeness (QED) is 0.711. The molecule has 8 nitrogen and oxygen atoms in total. The molecule has 0 bridgehead atoms. The van der Waals surface area contributed by atoms with Crippen molar-refractivity contribution in [2.45, 2.75) is 19.5 Å². The highest BCUT2D eigenvalue weighted by Crippen LogP contribution is 2.08. The van der Waals surface area contributed by atoms with Crippen LogP contribution in [0, 0.1) is 0 Å². The van der Waals surface area contributed by atoms with E-state index >= 15 is 0 Å². The van der Waals surface area contributed by atoms with Crippen LogP contribution in [0.5, 0.6) is 0 Å². The van der Waals surface area contributed by atoms with Gasteiger partial charge in [-0.2, -0.15) is 0 Å². The van der Waals surface area contributed by atoms with E-state index in [1.807, 2.05) is 16.8 Å². The molecule has 1 aliphatic heterocycles. The van der Waals surface area contributed by atoms with Gasteiger partial charge in [-0.25, -0.2) is 9.97 Å². The summed E-state index contributed by atoms with van der Waals surface area (Å²) in [5, 5.41) is 6.22. The third kappa shape index (κ3) is 2.68. The molecule has 4 heterocycles. The molecule has 2 N–H and O–H groups in total. The van der Waals surface area contributed by atoms with Crippen molar-refractivity contribution in [3.05, 3.63) is 48.2 Å². The Morgan fingerprint density at radius 3 is 3.26 bits per heavy atom. The van der Waals surface area contributed by atoms with Crippen LogP contribution in [0.1, 0.15) is 22.0 Å². The Labute approximate surface area is 132 Å². The van der Waals surface area contributed by atoms with Crippen molar-refractivity contribution >= 4 is 11.6 Å². The molecule has 0 aromatic carbocycles. The summed E-state index contributed by atoms with van der Waals surface area (Å²) in [6.45, 7) is 3.04.